The molecular formula is C23H29FN4O4S. The van der Waals surface area contributed by atoms with Crippen LogP contribution in [0.2, 0.25) is 0 Å². The zero-order chi connectivity index (χ0) is 24.3. The van der Waals surface area contributed by atoms with Crippen molar-refractivity contribution in [2.75, 3.05) is 26.2 Å². The average molecular weight is 477 g/mol. The topological polar surface area (TPSA) is 106 Å². The lowest BCUT2D eigenvalue weighted by atomic mass is 10.0. The van der Waals surface area contributed by atoms with Gasteiger partial charge in [0.2, 0.25) is 5.91 Å². The molecule has 0 unspecified atom stereocenters. The lowest BCUT2D eigenvalue weighted by molar-refractivity contribution is -0.130. The van der Waals surface area contributed by atoms with Gasteiger partial charge < -0.3 is 9.64 Å². The Bertz CT molecular complexity index is 1160. The number of primary sulfonamides is 1. The minimum atomic E-state index is -3.95. The van der Waals surface area contributed by atoms with Crippen LogP contribution in [0, 0.1) is 19.7 Å². The number of aromatic nitrogens is 1. The SMILES string of the molecule is C=CC(=O)N1CCN(C[C@@H](Oc2cnc(S(N)(=O)=O)c(C)c2)c2ccc(C)c(F)c2)C[C@H]1C. The monoisotopic (exact) mass is 476 g/mol. The van der Waals surface area contributed by atoms with Gasteiger partial charge in [-0.25, -0.2) is 22.9 Å². The Balaban J connectivity index is 1.85. The summed E-state index contributed by atoms with van der Waals surface area (Å²) >= 11 is 0. The van der Waals surface area contributed by atoms with Gasteiger partial charge in [0.25, 0.3) is 10.0 Å². The molecule has 2 N–H and O–H groups in total. The predicted octanol–water partition coefficient (Wildman–Crippen LogP) is 2.32. The van der Waals surface area contributed by atoms with Gasteiger partial charge in [0.05, 0.1) is 6.20 Å². The quantitative estimate of drug-likeness (QED) is 0.615. The van der Waals surface area contributed by atoms with Crippen molar-refractivity contribution in [3.8, 4) is 5.75 Å². The summed E-state index contributed by atoms with van der Waals surface area (Å²) in [5.74, 6) is -0.0961. The molecule has 3 rings (SSSR count). The molecule has 0 spiro atoms. The first kappa shape index (κ1) is 24.8. The van der Waals surface area contributed by atoms with Crippen LogP contribution in [-0.2, 0) is 14.8 Å². The number of halogens is 1. The van der Waals surface area contributed by atoms with Crippen molar-refractivity contribution in [2.24, 2.45) is 5.14 Å². The van der Waals surface area contributed by atoms with Gasteiger partial charge in [-0.1, -0.05) is 18.7 Å². The minimum absolute atomic E-state index is 0.0161. The number of hydrogen-bond donors (Lipinski definition) is 1. The molecule has 178 valence electrons. The Labute approximate surface area is 193 Å². The zero-order valence-electron chi connectivity index (χ0n) is 19.0. The van der Waals surface area contributed by atoms with E-state index in [4.69, 9.17) is 9.88 Å². The van der Waals surface area contributed by atoms with E-state index >= 15 is 0 Å². The van der Waals surface area contributed by atoms with Crippen molar-refractivity contribution in [1.29, 1.82) is 0 Å². The van der Waals surface area contributed by atoms with Crippen LogP contribution in [-0.4, -0.2) is 61.3 Å². The maximum absolute atomic E-state index is 14.3. The summed E-state index contributed by atoms with van der Waals surface area (Å²) in [5.41, 5.74) is 1.52. The summed E-state index contributed by atoms with van der Waals surface area (Å²) in [5, 5.41) is 4.98. The Hall–Kier alpha value is -2.82. The summed E-state index contributed by atoms with van der Waals surface area (Å²) in [6.45, 7) is 11.0. The van der Waals surface area contributed by atoms with Crippen LogP contribution >= 0.6 is 0 Å². The van der Waals surface area contributed by atoms with E-state index in [1.54, 1.807) is 30.9 Å². The summed E-state index contributed by atoms with van der Waals surface area (Å²) in [4.78, 5) is 19.9. The molecule has 8 nitrogen and oxygen atoms in total. The third-order valence-electron chi connectivity index (χ3n) is 5.71. The highest BCUT2D eigenvalue weighted by Gasteiger charge is 2.29. The molecule has 10 heteroatoms. The van der Waals surface area contributed by atoms with Gasteiger partial charge in [0.15, 0.2) is 5.03 Å². The van der Waals surface area contributed by atoms with E-state index < -0.39 is 16.1 Å². The molecule has 1 aromatic carbocycles. The van der Waals surface area contributed by atoms with E-state index in [1.165, 1.54) is 18.3 Å². The van der Waals surface area contributed by atoms with E-state index in [0.717, 1.165) is 0 Å². The molecule has 2 aromatic rings. The van der Waals surface area contributed by atoms with Crippen LogP contribution in [0.1, 0.15) is 29.7 Å². The van der Waals surface area contributed by atoms with E-state index in [9.17, 15) is 17.6 Å². The summed E-state index contributed by atoms with van der Waals surface area (Å²) in [6, 6.07) is 6.48. The second-order valence-electron chi connectivity index (χ2n) is 8.30. The maximum atomic E-state index is 14.3. The zero-order valence-corrected chi connectivity index (χ0v) is 19.8. The molecule has 0 bridgehead atoms. The Morgan fingerprint density at radius 2 is 2.06 bits per heavy atom. The van der Waals surface area contributed by atoms with Gasteiger partial charge in [-0.2, -0.15) is 0 Å². The lowest BCUT2D eigenvalue weighted by Crippen LogP contribution is -2.54. The predicted molar refractivity (Wildman–Crippen MR) is 123 cm³/mol. The largest absolute Gasteiger partial charge is 0.483 e. The molecule has 1 aliphatic rings. The molecule has 33 heavy (non-hydrogen) atoms. The molecule has 0 saturated carbocycles. The Morgan fingerprint density at radius 1 is 1.33 bits per heavy atom. The standard InChI is InChI=1S/C23H29FN4O4S/c1-5-22(29)28-9-8-27(13-17(28)4)14-21(18-7-6-15(2)20(24)11-18)32-19-10-16(3)23(26-12-19)33(25,30)31/h5-7,10-12,17,21H,1,8-9,13-14H2,2-4H3,(H2,25,30,31)/t17-,21-/m1/s1. The molecule has 1 fully saturated rings. The number of nitrogens with two attached hydrogens (primary N) is 1. The highest BCUT2D eigenvalue weighted by atomic mass is 32.2. The number of pyridine rings is 1. The summed E-state index contributed by atoms with van der Waals surface area (Å²) < 4.78 is 43.8. The summed E-state index contributed by atoms with van der Waals surface area (Å²) in [7, 11) is -3.95. The van der Waals surface area contributed by atoms with Crippen molar-refractivity contribution in [3.63, 3.8) is 0 Å². The molecular weight excluding hydrogens is 447 g/mol. The first-order valence-electron chi connectivity index (χ1n) is 10.6. The third kappa shape index (κ3) is 5.95. The van der Waals surface area contributed by atoms with Crippen molar-refractivity contribution in [2.45, 2.75) is 37.9 Å². The molecule has 1 saturated heterocycles. The van der Waals surface area contributed by atoms with Crippen LogP contribution in [0.15, 0.2) is 48.1 Å². The molecule has 0 aliphatic carbocycles. The number of carbonyl (C=O) groups excluding carboxylic acids is 1. The van der Waals surface area contributed by atoms with Gasteiger partial charge >= 0.3 is 0 Å². The number of piperazine rings is 1. The minimum Gasteiger partial charge on any atom is -0.483 e. The second kappa shape index (κ2) is 9.98. The Kier molecular flexibility index (Phi) is 7.51. The van der Waals surface area contributed by atoms with Crippen LogP contribution in [0.4, 0.5) is 4.39 Å². The number of hydrogen-bond acceptors (Lipinski definition) is 6. The fraction of sp³-hybridized carbons (Fsp3) is 0.391. The molecule has 1 amide bonds. The average Bonchev–Trinajstić information content (AvgIpc) is 2.74. The number of carbonyl (C=O) groups is 1. The Morgan fingerprint density at radius 3 is 2.64 bits per heavy atom. The second-order valence-corrected chi connectivity index (χ2v) is 9.77. The molecule has 1 aliphatic heterocycles. The third-order valence-corrected chi connectivity index (χ3v) is 6.68. The van der Waals surface area contributed by atoms with Gasteiger partial charge in [-0.05, 0) is 55.7 Å². The number of nitrogens with zero attached hydrogens (tertiary/aromatic N) is 3. The lowest BCUT2D eigenvalue weighted by Gasteiger charge is -2.40. The van der Waals surface area contributed by atoms with E-state index in [1.807, 2.05) is 13.0 Å². The van der Waals surface area contributed by atoms with Crippen molar-refractivity contribution >= 4 is 15.9 Å². The number of ether oxygens (including phenoxy) is 1. The van der Waals surface area contributed by atoms with Crippen molar-refractivity contribution in [3.05, 3.63) is 65.6 Å². The molecule has 1 aromatic heterocycles. The fourth-order valence-corrected chi connectivity index (χ4v) is 4.67. The van der Waals surface area contributed by atoms with Gasteiger partial charge in [0.1, 0.15) is 17.7 Å². The first-order chi connectivity index (χ1) is 15.5. The number of aryl methyl sites for hydroxylation is 2. The first-order valence-corrected chi connectivity index (χ1v) is 12.1. The highest BCUT2D eigenvalue weighted by Crippen LogP contribution is 2.27. The number of amides is 1. The fourth-order valence-electron chi connectivity index (χ4n) is 3.96. The van der Waals surface area contributed by atoms with Crippen LogP contribution < -0.4 is 9.88 Å². The van der Waals surface area contributed by atoms with Crippen LogP contribution in [0.25, 0.3) is 0 Å². The van der Waals surface area contributed by atoms with Crippen molar-refractivity contribution in [1.82, 2.24) is 14.8 Å². The number of benzene rings is 1. The van der Waals surface area contributed by atoms with Crippen molar-refractivity contribution < 1.29 is 22.3 Å². The van der Waals surface area contributed by atoms with Crippen LogP contribution in [0.3, 0.4) is 0 Å². The van der Waals surface area contributed by atoms with E-state index in [2.05, 4.69) is 16.5 Å². The number of rotatable bonds is 7. The van der Waals surface area contributed by atoms with E-state index in [0.29, 0.717) is 48.6 Å². The normalized spacial score (nSPS) is 18.1. The smallest absolute Gasteiger partial charge is 0.255 e. The number of sulfonamides is 1. The maximum Gasteiger partial charge on any atom is 0.255 e. The van der Waals surface area contributed by atoms with Gasteiger partial charge in [-0.15, -0.1) is 0 Å². The molecule has 2 heterocycles. The van der Waals surface area contributed by atoms with E-state index in [-0.39, 0.29) is 22.8 Å². The summed E-state index contributed by atoms with van der Waals surface area (Å²) in [6.07, 6.45) is 2.07. The highest BCUT2D eigenvalue weighted by molar-refractivity contribution is 7.89. The molecule has 0 radical (unpaired) electrons. The molecule has 2 atom stereocenters. The van der Waals surface area contributed by atoms with Crippen LogP contribution in [0.5, 0.6) is 5.75 Å². The van der Waals surface area contributed by atoms with Gasteiger partial charge in [-0.3, -0.25) is 9.69 Å². The van der Waals surface area contributed by atoms with Gasteiger partial charge in [0, 0.05) is 32.2 Å².